The van der Waals surface area contributed by atoms with Crippen LogP contribution in [-0.2, 0) is 0 Å². The molecule has 1 aromatic heterocycles. The van der Waals surface area contributed by atoms with E-state index in [-0.39, 0.29) is 6.04 Å². The van der Waals surface area contributed by atoms with Crippen LogP contribution in [-0.4, -0.2) is 4.98 Å². The molecule has 0 bridgehead atoms. The molecule has 13 heavy (non-hydrogen) atoms. The predicted octanol–water partition coefficient (Wildman–Crippen LogP) is 2.81. The topological polar surface area (TPSA) is 38.9 Å². The molecule has 0 aliphatic rings. The maximum Gasteiger partial charge on any atom is 0.0410 e. The first-order chi connectivity index (χ1) is 6.24. The predicted molar refractivity (Wildman–Crippen MR) is 58.3 cm³/mol. The Kier molecular flexibility index (Phi) is 4.12. The Hall–Kier alpha value is -0.670. The van der Waals surface area contributed by atoms with Crippen molar-refractivity contribution in [3.05, 3.63) is 41.2 Å². The Balaban J connectivity index is 2.65. The summed E-state index contributed by atoms with van der Waals surface area (Å²) in [6.45, 7) is 3.66. The molecule has 1 aromatic rings. The third-order valence-electron chi connectivity index (χ3n) is 1.84. The molecule has 2 nitrogen and oxygen atoms in total. The number of aromatic nitrogens is 1. The van der Waals surface area contributed by atoms with Crippen LogP contribution in [0.3, 0.4) is 0 Å². The molecule has 70 valence electrons. The van der Waals surface area contributed by atoms with Crippen LogP contribution in [0.15, 0.2) is 35.6 Å². The van der Waals surface area contributed by atoms with Gasteiger partial charge >= 0.3 is 0 Å². The van der Waals surface area contributed by atoms with Crippen molar-refractivity contribution in [3.8, 4) is 0 Å². The molecule has 0 aliphatic heterocycles. The van der Waals surface area contributed by atoms with E-state index in [2.05, 4.69) is 27.5 Å². The highest BCUT2D eigenvalue weighted by Gasteiger charge is 2.04. The minimum Gasteiger partial charge on any atom is -0.324 e. The molecule has 2 N–H and O–H groups in total. The van der Waals surface area contributed by atoms with E-state index in [0.717, 1.165) is 22.9 Å². The standard InChI is InChI=1S/C10H13BrN2/c1-2-3-4-10(12)8-5-9(11)7-13-6-8/h2,5-7,10H,1,3-4,12H2/t10-/m1/s1. The molecule has 0 unspecified atom stereocenters. The van der Waals surface area contributed by atoms with Gasteiger partial charge in [-0.15, -0.1) is 6.58 Å². The first-order valence-electron chi connectivity index (χ1n) is 4.21. The molecular weight excluding hydrogens is 228 g/mol. The molecule has 1 rings (SSSR count). The molecule has 0 radical (unpaired) electrons. The van der Waals surface area contributed by atoms with Crippen LogP contribution in [0.25, 0.3) is 0 Å². The van der Waals surface area contributed by atoms with E-state index >= 15 is 0 Å². The number of rotatable bonds is 4. The molecule has 1 heterocycles. The minimum atomic E-state index is 0.0583. The van der Waals surface area contributed by atoms with Crippen LogP contribution in [0.1, 0.15) is 24.4 Å². The summed E-state index contributed by atoms with van der Waals surface area (Å²) in [6, 6.07) is 2.06. The number of nitrogens with zero attached hydrogens (tertiary/aromatic N) is 1. The van der Waals surface area contributed by atoms with Crippen LogP contribution in [0.4, 0.5) is 0 Å². The monoisotopic (exact) mass is 240 g/mol. The third-order valence-corrected chi connectivity index (χ3v) is 2.27. The molecule has 3 heteroatoms. The second-order valence-corrected chi connectivity index (χ2v) is 3.82. The van der Waals surface area contributed by atoms with Crippen LogP contribution >= 0.6 is 15.9 Å². The van der Waals surface area contributed by atoms with Gasteiger partial charge in [-0.2, -0.15) is 0 Å². The summed E-state index contributed by atoms with van der Waals surface area (Å²) in [4.78, 5) is 4.06. The fourth-order valence-corrected chi connectivity index (χ4v) is 1.48. The first-order valence-corrected chi connectivity index (χ1v) is 5.00. The Labute approximate surface area is 87.0 Å². The molecule has 0 spiro atoms. The molecule has 0 aromatic carbocycles. The zero-order chi connectivity index (χ0) is 9.68. The lowest BCUT2D eigenvalue weighted by atomic mass is 10.1. The molecule has 0 aliphatic carbocycles. The lowest BCUT2D eigenvalue weighted by Crippen LogP contribution is -2.09. The van der Waals surface area contributed by atoms with Crippen molar-refractivity contribution in [2.45, 2.75) is 18.9 Å². The van der Waals surface area contributed by atoms with Gasteiger partial charge in [0, 0.05) is 22.9 Å². The Morgan fingerprint density at radius 1 is 1.62 bits per heavy atom. The van der Waals surface area contributed by atoms with Crippen molar-refractivity contribution in [1.82, 2.24) is 4.98 Å². The van der Waals surface area contributed by atoms with Gasteiger partial charge in [-0.1, -0.05) is 6.08 Å². The molecule has 0 saturated carbocycles. The minimum absolute atomic E-state index is 0.0583. The van der Waals surface area contributed by atoms with Crippen LogP contribution in [0.5, 0.6) is 0 Å². The number of hydrogen-bond donors (Lipinski definition) is 1. The van der Waals surface area contributed by atoms with Gasteiger partial charge in [0.25, 0.3) is 0 Å². The van der Waals surface area contributed by atoms with Crippen LogP contribution < -0.4 is 5.73 Å². The summed E-state index contributed by atoms with van der Waals surface area (Å²) in [5.41, 5.74) is 7.01. The summed E-state index contributed by atoms with van der Waals surface area (Å²) in [7, 11) is 0. The summed E-state index contributed by atoms with van der Waals surface area (Å²) < 4.78 is 0.971. The van der Waals surface area contributed by atoms with E-state index in [4.69, 9.17) is 5.73 Å². The van der Waals surface area contributed by atoms with Gasteiger partial charge in [-0.05, 0) is 40.4 Å². The van der Waals surface area contributed by atoms with Gasteiger partial charge in [0.2, 0.25) is 0 Å². The van der Waals surface area contributed by atoms with Gasteiger partial charge in [0.05, 0.1) is 0 Å². The molecule has 0 saturated heterocycles. The van der Waals surface area contributed by atoms with Crippen LogP contribution in [0.2, 0.25) is 0 Å². The summed E-state index contributed by atoms with van der Waals surface area (Å²) in [5.74, 6) is 0. The van der Waals surface area contributed by atoms with E-state index in [9.17, 15) is 0 Å². The van der Waals surface area contributed by atoms with Crippen LogP contribution in [0, 0.1) is 0 Å². The van der Waals surface area contributed by atoms with E-state index in [0.29, 0.717) is 0 Å². The average Bonchev–Trinajstić information content (AvgIpc) is 2.14. The second-order valence-electron chi connectivity index (χ2n) is 2.91. The highest BCUT2D eigenvalue weighted by molar-refractivity contribution is 9.10. The smallest absolute Gasteiger partial charge is 0.0410 e. The molecular formula is C10H13BrN2. The fraction of sp³-hybridized carbons (Fsp3) is 0.300. The van der Waals surface area contributed by atoms with Crippen molar-refractivity contribution in [2.24, 2.45) is 5.73 Å². The van der Waals surface area contributed by atoms with Crippen molar-refractivity contribution in [2.75, 3.05) is 0 Å². The Bertz CT molecular complexity index is 286. The van der Waals surface area contributed by atoms with Crippen molar-refractivity contribution in [3.63, 3.8) is 0 Å². The average molecular weight is 241 g/mol. The first kappa shape index (κ1) is 10.4. The van der Waals surface area contributed by atoms with Gasteiger partial charge in [0.15, 0.2) is 0 Å². The maximum absolute atomic E-state index is 5.94. The largest absolute Gasteiger partial charge is 0.324 e. The van der Waals surface area contributed by atoms with Gasteiger partial charge in [0.1, 0.15) is 0 Å². The number of hydrogen-bond acceptors (Lipinski definition) is 2. The Morgan fingerprint density at radius 2 is 2.38 bits per heavy atom. The lowest BCUT2D eigenvalue weighted by molar-refractivity contribution is 0.658. The fourth-order valence-electron chi connectivity index (χ4n) is 1.10. The number of nitrogens with two attached hydrogens (primary N) is 1. The summed E-state index contributed by atoms with van der Waals surface area (Å²) in [6.07, 6.45) is 7.29. The zero-order valence-corrected chi connectivity index (χ0v) is 9.00. The zero-order valence-electron chi connectivity index (χ0n) is 7.41. The van der Waals surface area contributed by atoms with Gasteiger partial charge in [-0.3, -0.25) is 4.98 Å². The number of halogens is 1. The molecule has 0 amide bonds. The Morgan fingerprint density at radius 3 is 3.00 bits per heavy atom. The van der Waals surface area contributed by atoms with Crippen molar-refractivity contribution >= 4 is 15.9 Å². The van der Waals surface area contributed by atoms with E-state index in [1.54, 1.807) is 12.4 Å². The maximum atomic E-state index is 5.94. The highest BCUT2D eigenvalue weighted by atomic mass is 79.9. The molecule has 1 atom stereocenters. The van der Waals surface area contributed by atoms with Gasteiger partial charge < -0.3 is 5.73 Å². The number of allylic oxidation sites excluding steroid dienone is 1. The number of pyridine rings is 1. The van der Waals surface area contributed by atoms with E-state index < -0.39 is 0 Å². The van der Waals surface area contributed by atoms with E-state index in [1.807, 2.05) is 12.1 Å². The SMILES string of the molecule is C=CCC[C@@H](N)c1cncc(Br)c1. The quantitative estimate of drug-likeness (QED) is 0.823. The van der Waals surface area contributed by atoms with E-state index in [1.165, 1.54) is 0 Å². The molecule has 0 fully saturated rings. The normalized spacial score (nSPS) is 12.5. The third kappa shape index (κ3) is 3.28. The van der Waals surface area contributed by atoms with Gasteiger partial charge in [-0.25, -0.2) is 0 Å². The summed E-state index contributed by atoms with van der Waals surface area (Å²) >= 11 is 3.36. The lowest BCUT2D eigenvalue weighted by Gasteiger charge is -2.09. The van der Waals surface area contributed by atoms with Crippen molar-refractivity contribution < 1.29 is 0 Å². The van der Waals surface area contributed by atoms with Crippen molar-refractivity contribution in [1.29, 1.82) is 0 Å². The summed E-state index contributed by atoms with van der Waals surface area (Å²) in [5, 5.41) is 0. The second kappa shape index (κ2) is 5.14. The highest BCUT2D eigenvalue weighted by Crippen LogP contribution is 2.18.